The summed E-state index contributed by atoms with van der Waals surface area (Å²) in [5.41, 5.74) is 5.40. The van der Waals surface area contributed by atoms with Gasteiger partial charge in [-0.25, -0.2) is 4.79 Å². The Morgan fingerprint density at radius 2 is 1.89 bits per heavy atom. The lowest BCUT2D eigenvalue weighted by molar-refractivity contribution is 0.0698. The van der Waals surface area contributed by atoms with Crippen molar-refractivity contribution in [1.29, 1.82) is 5.26 Å². The largest absolute Gasteiger partial charge is 0.478 e. The number of benzene rings is 3. The Bertz CT molecular complexity index is 1580. The lowest BCUT2D eigenvalue weighted by Gasteiger charge is -2.21. The number of nitrogens with one attached hydrogen (secondary N) is 1. The van der Waals surface area contributed by atoms with Gasteiger partial charge in [-0.15, -0.1) is 0 Å². The van der Waals surface area contributed by atoms with Crippen LogP contribution in [-0.4, -0.2) is 11.1 Å². The molecule has 2 heterocycles. The molecular formula is C28H23N3O4. The third kappa shape index (κ3) is 4.11. The molecule has 1 aliphatic heterocycles. The van der Waals surface area contributed by atoms with Crippen molar-refractivity contribution in [3.63, 3.8) is 0 Å². The third-order valence-electron chi connectivity index (χ3n) is 6.35. The van der Waals surface area contributed by atoms with Crippen molar-refractivity contribution in [3.8, 4) is 6.07 Å². The van der Waals surface area contributed by atoms with Crippen LogP contribution in [0.15, 0.2) is 69.9 Å². The fourth-order valence-electron chi connectivity index (χ4n) is 4.63. The number of hydrogen-bond acceptors (Lipinski definition) is 6. The van der Waals surface area contributed by atoms with E-state index in [-0.39, 0.29) is 17.0 Å². The number of carboxylic acids is 1. The molecule has 0 fully saturated rings. The molecule has 0 aliphatic carbocycles. The number of nitriles is 1. The Labute approximate surface area is 201 Å². The summed E-state index contributed by atoms with van der Waals surface area (Å²) in [7, 11) is 0. The van der Waals surface area contributed by atoms with Crippen LogP contribution in [0.3, 0.4) is 0 Å². The Morgan fingerprint density at radius 1 is 1.11 bits per heavy atom. The van der Waals surface area contributed by atoms with Gasteiger partial charge in [-0.05, 0) is 60.9 Å². The van der Waals surface area contributed by atoms with E-state index in [0.717, 1.165) is 22.3 Å². The molecule has 174 valence electrons. The van der Waals surface area contributed by atoms with Crippen molar-refractivity contribution >= 4 is 28.5 Å². The molecule has 7 nitrogen and oxygen atoms in total. The smallest absolute Gasteiger partial charge is 0.337 e. The van der Waals surface area contributed by atoms with E-state index in [0.29, 0.717) is 41.2 Å². The van der Waals surface area contributed by atoms with E-state index in [2.05, 4.69) is 11.4 Å². The molecule has 4 aromatic rings. The molecule has 35 heavy (non-hydrogen) atoms. The zero-order valence-corrected chi connectivity index (χ0v) is 19.3. The number of hydrogen-bond donors (Lipinski definition) is 2. The van der Waals surface area contributed by atoms with Crippen LogP contribution >= 0.6 is 0 Å². The minimum absolute atomic E-state index is 0.141. The molecule has 0 unspecified atom stereocenters. The van der Waals surface area contributed by atoms with Crippen molar-refractivity contribution in [2.75, 3.05) is 10.2 Å². The summed E-state index contributed by atoms with van der Waals surface area (Å²) in [4.78, 5) is 26.8. The van der Waals surface area contributed by atoms with E-state index >= 15 is 0 Å². The maximum Gasteiger partial charge on any atom is 0.337 e. The molecule has 1 aromatic heterocycles. The molecular weight excluding hydrogens is 442 g/mol. The van der Waals surface area contributed by atoms with Gasteiger partial charge in [0.15, 0.2) is 5.43 Å². The van der Waals surface area contributed by atoms with Gasteiger partial charge < -0.3 is 19.7 Å². The Morgan fingerprint density at radius 3 is 2.66 bits per heavy atom. The number of aromatic carboxylic acids is 1. The first-order valence-electron chi connectivity index (χ1n) is 11.3. The van der Waals surface area contributed by atoms with Gasteiger partial charge in [-0.2, -0.15) is 5.26 Å². The maximum atomic E-state index is 13.1. The molecule has 0 saturated heterocycles. The first-order chi connectivity index (χ1) is 16.8. The van der Waals surface area contributed by atoms with Crippen LogP contribution in [0, 0.1) is 18.3 Å². The molecule has 0 amide bonds. The topological polar surface area (TPSA) is 107 Å². The number of nitrogens with zero attached hydrogens (tertiary/aromatic N) is 2. The summed E-state index contributed by atoms with van der Waals surface area (Å²) in [5.74, 6) is -0.558. The molecule has 2 N–H and O–H groups in total. The van der Waals surface area contributed by atoms with Crippen LogP contribution in [-0.2, 0) is 13.1 Å². The Hall–Kier alpha value is -4.57. The second-order valence-electron chi connectivity index (χ2n) is 8.85. The second kappa shape index (κ2) is 8.65. The van der Waals surface area contributed by atoms with Crippen LogP contribution in [0.5, 0.6) is 0 Å². The number of anilines is 2. The molecule has 1 aliphatic rings. The Kier molecular flexibility index (Phi) is 5.50. The van der Waals surface area contributed by atoms with Gasteiger partial charge in [-0.1, -0.05) is 24.3 Å². The zero-order chi connectivity index (χ0) is 24.7. The summed E-state index contributed by atoms with van der Waals surface area (Å²) >= 11 is 0. The fourth-order valence-corrected chi connectivity index (χ4v) is 4.63. The first kappa shape index (κ1) is 22.2. The Balaban J connectivity index is 1.55. The van der Waals surface area contributed by atoms with Crippen LogP contribution in [0.4, 0.5) is 11.6 Å². The number of carboxylic acid groups (broad SMARTS) is 1. The van der Waals surface area contributed by atoms with Crippen LogP contribution in [0.25, 0.3) is 11.0 Å². The number of rotatable bonds is 5. The molecule has 0 saturated carbocycles. The second-order valence-corrected chi connectivity index (χ2v) is 8.85. The number of aryl methyl sites for hydroxylation is 1. The van der Waals surface area contributed by atoms with Crippen LogP contribution in [0.2, 0.25) is 0 Å². The predicted molar refractivity (Wildman–Crippen MR) is 134 cm³/mol. The molecule has 1 atom stereocenters. The summed E-state index contributed by atoms with van der Waals surface area (Å²) in [6.45, 7) is 4.95. The number of carbonyl (C=O) groups is 1. The van der Waals surface area contributed by atoms with E-state index in [4.69, 9.17) is 4.42 Å². The summed E-state index contributed by atoms with van der Waals surface area (Å²) in [6, 6.07) is 19.4. The fraction of sp³-hybridized carbons (Fsp3) is 0.179. The minimum atomic E-state index is -1.02. The zero-order valence-electron chi connectivity index (χ0n) is 19.3. The molecule has 0 radical (unpaired) electrons. The lowest BCUT2D eigenvalue weighted by atomic mass is 10.0. The van der Waals surface area contributed by atoms with E-state index in [1.54, 1.807) is 30.3 Å². The highest BCUT2D eigenvalue weighted by Gasteiger charge is 2.24. The van der Waals surface area contributed by atoms with Gasteiger partial charge >= 0.3 is 5.97 Å². The number of fused-ring (bicyclic) bond motifs is 2. The molecule has 7 heteroatoms. The summed E-state index contributed by atoms with van der Waals surface area (Å²) < 4.78 is 6.34. The van der Waals surface area contributed by atoms with Gasteiger partial charge in [0.1, 0.15) is 5.58 Å². The van der Waals surface area contributed by atoms with E-state index < -0.39 is 5.97 Å². The van der Waals surface area contributed by atoms with Crippen LogP contribution < -0.4 is 15.6 Å². The standard InChI is InChI=1S/C28H23N3O4/c1-16-9-22(17(2)30-24-6-4-3-5-21(24)28(33)34)27-23(10-16)25(32)12-26(35-27)31-14-19-8-7-18(13-29)11-20(19)15-31/h3-12,17,30H,14-15H2,1-2H3,(H,33,34)/t17-/m1/s1. The SMILES string of the molecule is Cc1cc([C@@H](C)Nc2ccccc2C(=O)O)c2oc(N3Cc4ccc(C#N)cc4C3)cc(=O)c2c1. The maximum absolute atomic E-state index is 13.1. The van der Waals surface area contributed by atoms with Gasteiger partial charge in [0.2, 0.25) is 5.88 Å². The highest BCUT2D eigenvalue weighted by molar-refractivity contribution is 5.94. The predicted octanol–water partition coefficient (Wildman–Crippen LogP) is 5.36. The van der Waals surface area contributed by atoms with Crippen LogP contribution in [0.1, 0.15) is 51.1 Å². The summed E-state index contributed by atoms with van der Waals surface area (Å²) in [6.07, 6.45) is 0. The molecule has 3 aromatic carbocycles. The van der Waals surface area contributed by atoms with E-state index in [1.807, 2.05) is 43.0 Å². The van der Waals surface area contributed by atoms with Crippen molar-refractivity contribution in [2.24, 2.45) is 0 Å². The molecule has 0 bridgehead atoms. The van der Waals surface area contributed by atoms with Gasteiger partial charge in [0.25, 0.3) is 0 Å². The first-order valence-corrected chi connectivity index (χ1v) is 11.3. The van der Waals surface area contributed by atoms with Gasteiger partial charge in [0.05, 0.1) is 28.6 Å². The normalized spacial score (nSPS) is 13.3. The summed E-state index contributed by atoms with van der Waals surface area (Å²) in [5, 5.41) is 22.5. The quantitative estimate of drug-likeness (QED) is 0.408. The van der Waals surface area contributed by atoms with E-state index in [9.17, 15) is 20.0 Å². The monoisotopic (exact) mass is 465 g/mol. The van der Waals surface area contributed by atoms with E-state index in [1.165, 1.54) is 6.07 Å². The average Bonchev–Trinajstić information content (AvgIpc) is 3.27. The lowest BCUT2D eigenvalue weighted by Crippen LogP contribution is -2.17. The van der Waals surface area contributed by atoms with Crippen molar-refractivity contribution in [1.82, 2.24) is 0 Å². The highest BCUT2D eigenvalue weighted by Crippen LogP contribution is 2.33. The number of para-hydroxylation sites is 1. The molecule has 5 rings (SSSR count). The van der Waals surface area contributed by atoms with Gasteiger partial charge in [0, 0.05) is 30.4 Å². The van der Waals surface area contributed by atoms with Gasteiger partial charge in [-0.3, -0.25) is 4.79 Å². The average molecular weight is 466 g/mol. The van der Waals surface area contributed by atoms with Crippen molar-refractivity contribution in [3.05, 3.63) is 104 Å². The van der Waals surface area contributed by atoms with Crippen molar-refractivity contribution < 1.29 is 14.3 Å². The third-order valence-corrected chi connectivity index (χ3v) is 6.35. The minimum Gasteiger partial charge on any atom is -0.478 e. The molecule has 0 spiro atoms. The van der Waals surface area contributed by atoms with Crippen molar-refractivity contribution in [2.45, 2.75) is 33.0 Å². The highest BCUT2D eigenvalue weighted by atomic mass is 16.4.